The standard InChI is InChI=1S/C15H15BrO3/c1-17-12-7-8-14(18-2)11(9-12)10-19-15-6-4-3-5-13(15)16/h3-9H,10H2,1-2H3. The van der Waals surface area contributed by atoms with Crippen LogP contribution in [-0.4, -0.2) is 14.2 Å². The molecular weight excluding hydrogens is 308 g/mol. The molecule has 0 N–H and O–H groups in total. The Balaban J connectivity index is 2.16. The minimum atomic E-state index is 0.420. The van der Waals surface area contributed by atoms with Gasteiger partial charge in [-0.05, 0) is 46.3 Å². The fourth-order valence-electron chi connectivity index (χ4n) is 1.71. The van der Waals surface area contributed by atoms with Gasteiger partial charge in [0.2, 0.25) is 0 Å². The summed E-state index contributed by atoms with van der Waals surface area (Å²) in [6, 6.07) is 13.4. The molecule has 0 saturated heterocycles. The minimum absolute atomic E-state index is 0.420. The van der Waals surface area contributed by atoms with Crippen LogP contribution < -0.4 is 14.2 Å². The van der Waals surface area contributed by atoms with Crippen LogP contribution in [0.2, 0.25) is 0 Å². The van der Waals surface area contributed by atoms with E-state index in [1.54, 1.807) is 14.2 Å². The van der Waals surface area contributed by atoms with Crippen molar-refractivity contribution < 1.29 is 14.2 Å². The number of methoxy groups -OCH3 is 2. The van der Waals surface area contributed by atoms with Crippen molar-refractivity contribution in [3.05, 3.63) is 52.5 Å². The van der Waals surface area contributed by atoms with Gasteiger partial charge in [0.05, 0.1) is 18.7 Å². The van der Waals surface area contributed by atoms with Crippen molar-refractivity contribution in [1.82, 2.24) is 0 Å². The summed E-state index contributed by atoms with van der Waals surface area (Å²) in [5, 5.41) is 0. The largest absolute Gasteiger partial charge is 0.497 e. The van der Waals surface area contributed by atoms with Crippen molar-refractivity contribution in [2.45, 2.75) is 6.61 Å². The molecule has 0 bridgehead atoms. The van der Waals surface area contributed by atoms with Gasteiger partial charge in [-0.25, -0.2) is 0 Å². The Bertz CT molecular complexity index is 555. The number of hydrogen-bond acceptors (Lipinski definition) is 3. The Labute approximate surface area is 121 Å². The van der Waals surface area contributed by atoms with E-state index < -0.39 is 0 Å². The molecule has 0 unspecified atom stereocenters. The maximum Gasteiger partial charge on any atom is 0.133 e. The maximum absolute atomic E-state index is 5.78. The molecular formula is C15H15BrO3. The fraction of sp³-hybridized carbons (Fsp3) is 0.200. The number of ether oxygens (including phenoxy) is 3. The van der Waals surface area contributed by atoms with Crippen LogP contribution in [0.4, 0.5) is 0 Å². The van der Waals surface area contributed by atoms with Crippen LogP contribution in [0.15, 0.2) is 46.9 Å². The van der Waals surface area contributed by atoms with Crippen molar-refractivity contribution >= 4 is 15.9 Å². The molecule has 0 aliphatic heterocycles. The topological polar surface area (TPSA) is 27.7 Å². The first-order valence-corrected chi connectivity index (χ1v) is 6.62. The van der Waals surface area contributed by atoms with Gasteiger partial charge in [0.1, 0.15) is 23.9 Å². The number of rotatable bonds is 5. The third-order valence-electron chi connectivity index (χ3n) is 2.71. The number of hydrogen-bond donors (Lipinski definition) is 0. The van der Waals surface area contributed by atoms with Crippen molar-refractivity contribution in [1.29, 1.82) is 0 Å². The Kier molecular flexibility index (Phi) is 4.68. The molecule has 4 heteroatoms. The van der Waals surface area contributed by atoms with E-state index in [4.69, 9.17) is 14.2 Å². The normalized spacial score (nSPS) is 10.1. The zero-order chi connectivity index (χ0) is 13.7. The van der Waals surface area contributed by atoms with Crippen LogP contribution in [0.3, 0.4) is 0 Å². The summed E-state index contributed by atoms with van der Waals surface area (Å²) >= 11 is 3.45. The van der Waals surface area contributed by atoms with E-state index >= 15 is 0 Å². The lowest BCUT2D eigenvalue weighted by atomic mass is 10.2. The molecule has 0 fully saturated rings. The second-order valence-corrected chi connectivity index (χ2v) is 4.75. The highest BCUT2D eigenvalue weighted by Crippen LogP contribution is 2.28. The molecule has 0 spiro atoms. The van der Waals surface area contributed by atoms with Crippen LogP contribution in [0, 0.1) is 0 Å². The summed E-state index contributed by atoms with van der Waals surface area (Å²) in [7, 11) is 3.28. The summed E-state index contributed by atoms with van der Waals surface area (Å²) in [4.78, 5) is 0. The lowest BCUT2D eigenvalue weighted by Crippen LogP contribution is -2.00. The Morgan fingerprint density at radius 2 is 1.74 bits per heavy atom. The Morgan fingerprint density at radius 3 is 2.42 bits per heavy atom. The summed E-state index contributed by atoms with van der Waals surface area (Å²) in [5.74, 6) is 2.37. The van der Waals surface area contributed by atoms with E-state index in [2.05, 4.69) is 15.9 Å². The first-order chi connectivity index (χ1) is 9.24. The first kappa shape index (κ1) is 13.7. The molecule has 2 aromatic rings. The third kappa shape index (κ3) is 3.41. The van der Waals surface area contributed by atoms with Crippen LogP contribution in [0.25, 0.3) is 0 Å². The number of halogens is 1. The monoisotopic (exact) mass is 322 g/mol. The SMILES string of the molecule is COc1ccc(OC)c(COc2ccccc2Br)c1. The molecule has 0 heterocycles. The molecule has 0 atom stereocenters. The highest BCUT2D eigenvalue weighted by molar-refractivity contribution is 9.10. The zero-order valence-electron chi connectivity index (χ0n) is 10.9. The molecule has 0 aliphatic carbocycles. The van der Waals surface area contributed by atoms with Gasteiger partial charge in [-0.15, -0.1) is 0 Å². The average Bonchev–Trinajstić information content (AvgIpc) is 2.46. The maximum atomic E-state index is 5.78. The predicted octanol–water partition coefficient (Wildman–Crippen LogP) is 4.05. The third-order valence-corrected chi connectivity index (χ3v) is 3.36. The van der Waals surface area contributed by atoms with Gasteiger partial charge in [0.15, 0.2) is 0 Å². The van der Waals surface area contributed by atoms with Crippen LogP contribution >= 0.6 is 15.9 Å². The van der Waals surface area contributed by atoms with E-state index in [1.165, 1.54) is 0 Å². The quantitative estimate of drug-likeness (QED) is 0.831. The summed E-state index contributed by atoms with van der Waals surface area (Å²) in [6.07, 6.45) is 0. The Morgan fingerprint density at radius 1 is 0.947 bits per heavy atom. The zero-order valence-corrected chi connectivity index (χ0v) is 12.4. The molecule has 0 aromatic heterocycles. The van der Waals surface area contributed by atoms with Gasteiger partial charge in [-0.2, -0.15) is 0 Å². The van der Waals surface area contributed by atoms with E-state index in [9.17, 15) is 0 Å². The lowest BCUT2D eigenvalue weighted by molar-refractivity contribution is 0.293. The van der Waals surface area contributed by atoms with Crippen LogP contribution in [0.5, 0.6) is 17.2 Å². The van der Waals surface area contributed by atoms with Gasteiger partial charge < -0.3 is 14.2 Å². The summed E-state index contributed by atoms with van der Waals surface area (Å²) in [6.45, 7) is 0.420. The van der Waals surface area contributed by atoms with Crippen molar-refractivity contribution in [3.63, 3.8) is 0 Å². The number of benzene rings is 2. The minimum Gasteiger partial charge on any atom is -0.497 e. The van der Waals surface area contributed by atoms with Gasteiger partial charge in [-0.3, -0.25) is 0 Å². The van der Waals surface area contributed by atoms with E-state index in [1.807, 2.05) is 42.5 Å². The van der Waals surface area contributed by atoms with E-state index in [-0.39, 0.29) is 0 Å². The van der Waals surface area contributed by atoms with Crippen LogP contribution in [-0.2, 0) is 6.61 Å². The highest BCUT2D eigenvalue weighted by Gasteiger charge is 2.07. The smallest absolute Gasteiger partial charge is 0.133 e. The van der Waals surface area contributed by atoms with E-state index in [0.29, 0.717) is 6.61 Å². The molecule has 0 saturated carbocycles. The van der Waals surface area contributed by atoms with Crippen molar-refractivity contribution in [2.75, 3.05) is 14.2 Å². The lowest BCUT2D eigenvalue weighted by Gasteiger charge is -2.12. The molecule has 2 rings (SSSR count). The average molecular weight is 323 g/mol. The highest BCUT2D eigenvalue weighted by atomic mass is 79.9. The van der Waals surface area contributed by atoms with Crippen LogP contribution in [0.1, 0.15) is 5.56 Å². The second-order valence-electron chi connectivity index (χ2n) is 3.90. The second kappa shape index (κ2) is 6.48. The van der Waals surface area contributed by atoms with Gasteiger partial charge >= 0.3 is 0 Å². The molecule has 2 aromatic carbocycles. The summed E-state index contributed by atoms with van der Waals surface area (Å²) < 4.78 is 17.2. The number of para-hydroxylation sites is 1. The molecule has 100 valence electrons. The van der Waals surface area contributed by atoms with Gasteiger partial charge in [0, 0.05) is 5.56 Å². The molecule has 0 radical (unpaired) electrons. The molecule has 3 nitrogen and oxygen atoms in total. The Hall–Kier alpha value is -1.68. The predicted molar refractivity (Wildman–Crippen MR) is 78.0 cm³/mol. The van der Waals surface area contributed by atoms with Gasteiger partial charge in [-0.1, -0.05) is 12.1 Å². The molecule has 0 amide bonds. The fourth-order valence-corrected chi connectivity index (χ4v) is 2.11. The van der Waals surface area contributed by atoms with Gasteiger partial charge in [0.25, 0.3) is 0 Å². The molecule has 19 heavy (non-hydrogen) atoms. The van der Waals surface area contributed by atoms with Crippen molar-refractivity contribution in [3.8, 4) is 17.2 Å². The summed E-state index contributed by atoms with van der Waals surface area (Å²) in [5.41, 5.74) is 0.942. The van der Waals surface area contributed by atoms with Crippen molar-refractivity contribution in [2.24, 2.45) is 0 Å². The van der Waals surface area contributed by atoms with E-state index in [0.717, 1.165) is 27.3 Å². The first-order valence-electron chi connectivity index (χ1n) is 5.83. The molecule has 0 aliphatic rings.